The summed E-state index contributed by atoms with van der Waals surface area (Å²) < 4.78 is 25.4. The van der Waals surface area contributed by atoms with Gasteiger partial charge in [0.15, 0.2) is 5.75 Å². The molecule has 1 unspecified atom stereocenters. The zero-order chi connectivity index (χ0) is 9.90. The van der Waals surface area contributed by atoms with E-state index in [1.165, 1.54) is 6.07 Å². The van der Waals surface area contributed by atoms with Crippen LogP contribution in [0.5, 0.6) is 0 Å². The van der Waals surface area contributed by atoms with Crippen LogP contribution in [0.4, 0.5) is 0 Å². The van der Waals surface area contributed by atoms with E-state index >= 15 is 0 Å². The van der Waals surface area contributed by atoms with Crippen molar-refractivity contribution in [3.63, 3.8) is 0 Å². The third kappa shape index (κ3) is 3.01. The van der Waals surface area contributed by atoms with Crippen molar-refractivity contribution < 1.29 is 13.3 Å². The summed E-state index contributed by atoms with van der Waals surface area (Å²) in [7, 11) is -3.65. The molecule has 1 atom stereocenters. The Morgan fingerprint density at radius 1 is 1.85 bits per heavy atom. The van der Waals surface area contributed by atoms with E-state index in [1.54, 1.807) is 6.92 Å². The number of rotatable bonds is 2. The quantitative estimate of drug-likeness (QED) is 0.656. The Labute approximate surface area is 76.2 Å². The van der Waals surface area contributed by atoms with Gasteiger partial charge < -0.3 is 0 Å². The lowest BCUT2D eigenvalue weighted by Crippen LogP contribution is -2.16. The molecule has 1 heterocycles. The molecular weight excluding hydrogens is 194 g/mol. The predicted octanol–water partition coefficient (Wildman–Crippen LogP) is -0.448. The van der Waals surface area contributed by atoms with Crippen LogP contribution in [0.3, 0.4) is 0 Å². The predicted molar refractivity (Wildman–Crippen MR) is 45.1 cm³/mol. The van der Waals surface area contributed by atoms with Gasteiger partial charge in [-0.2, -0.15) is 5.26 Å². The number of hydroxylamine groups is 1. The highest BCUT2D eigenvalue weighted by molar-refractivity contribution is 7.90. The normalized spacial score (nSPS) is 25.5. The molecule has 1 aliphatic heterocycles. The van der Waals surface area contributed by atoms with Crippen molar-refractivity contribution in [2.75, 3.05) is 5.75 Å². The zero-order valence-corrected chi connectivity index (χ0v) is 7.84. The molecule has 0 radical (unpaired) electrons. The zero-order valence-electron chi connectivity index (χ0n) is 7.02. The molecule has 0 aromatic heterocycles. The standard InChI is InChI=1S/C6H9N3O3S/c1-5-4-6(8-12-5)9-13(10,11)3-2-7/h5H,3-4H2,1H3,(H,8,9). The molecule has 6 nitrogen and oxygen atoms in total. The second-order valence-corrected chi connectivity index (χ2v) is 4.29. The summed E-state index contributed by atoms with van der Waals surface area (Å²) >= 11 is 0. The highest BCUT2D eigenvalue weighted by atomic mass is 32.2. The van der Waals surface area contributed by atoms with Crippen LogP contribution in [0.1, 0.15) is 13.3 Å². The van der Waals surface area contributed by atoms with E-state index in [2.05, 4.69) is 9.88 Å². The van der Waals surface area contributed by atoms with Crippen LogP contribution >= 0.6 is 0 Å². The Bertz CT molecular complexity index is 354. The van der Waals surface area contributed by atoms with Gasteiger partial charge in [0.05, 0.1) is 12.2 Å². The van der Waals surface area contributed by atoms with Crippen LogP contribution in [-0.4, -0.2) is 26.1 Å². The van der Waals surface area contributed by atoms with E-state index in [1.807, 2.05) is 0 Å². The Kier molecular flexibility index (Phi) is 2.85. The van der Waals surface area contributed by atoms with Gasteiger partial charge in [-0.05, 0) is 6.92 Å². The fourth-order valence-electron chi connectivity index (χ4n) is 0.862. The van der Waals surface area contributed by atoms with Crippen LogP contribution in [0, 0.1) is 11.3 Å². The number of nitrogens with one attached hydrogen (secondary N) is 1. The Balaban J connectivity index is 2.72. The summed E-state index contributed by atoms with van der Waals surface area (Å²) in [6.07, 6.45) is 0.334. The maximum atomic E-state index is 11.0. The largest absolute Gasteiger partial charge is 0.271 e. The summed E-state index contributed by atoms with van der Waals surface area (Å²) in [5.41, 5.74) is 2.38. The van der Waals surface area contributed by atoms with Gasteiger partial charge >= 0.3 is 0 Å². The van der Waals surface area contributed by atoms with Crippen molar-refractivity contribution in [1.82, 2.24) is 5.48 Å². The first-order valence-electron chi connectivity index (χ1n) is 3.63. The maximum absolute atomic E-state index is 11.0. The van der Waals surface area contributed by atoms with Crippen molar-refractivity contribution in [2.24, 2.45) is 4.40 Å². The topological polar surface area (TPSA) is 91.5 Å². The lowest BCUT2D eigenvalue weighted by Gasteiger charge is -1.94. The molecule has 1 fully saturated rings. The SMILES string of the molecule is CC1C/C(=N/S(=O)(=O)CC#N)NO1. The van der Waals surface area contributed by atoms with Crippen molar-refractivity contribution in [1.29, 1.82) is 5.26 Å². The van der Waals surface area contributed by atoms with Crippen molar-refractivity contribution >= 4 is 15.9 Å². The van der Waals surface area contributed by atoms with Gasteiger partial charge in [-0.15, -0.1) is 4.40 Å². The molecule has 0 spiro atoms. The monoisotopic (exact) mass is 203 g/mol. The van der Waals surface area contributed by atoms with Gasteiger partial charge in [0, 0.05) is 6.42 Å². The molecule has 1 N–H and O–H groups in total. The molecule has 72 valence electrons. The van der Waals surface area contributed by atoms with E-state index in [9.17, 15) is 8.42 Å². The molecule has 1 aliphatic rings. The second kappa shape index (κ2) is 3.72. The minimum atomic E-state index is -3.65. The van der Waals surface area contributed by atoms with Crippen LogP contribution in [0.15, 0.2) is 4.40 Å². The molecule has 0 aromatic rings. The summed E-state index contributed by atoms with van der Waals surface area (Å²) in [5.74, 6) is -0.352. The first-order valence-corrected chi connectivity index (χ1v) is 5.24. The number of nitrogens with zero attached hydrogens (tertiary/aromatic N) is 2. The van der Waals surface area contributed by atoms with E-state index in [0.717, 1.165) is 0 Å². The molecule has 13 heavy (non-hydrogen) atoms. The summed E-state index contributed by atoms with van der Waals surface area (Å²) in [6.45, 7) is 1.78. The Hall–Kier alpha value is -1.13. The number of nitriles is 1. The second-order valence-electron chi connectivity index (χ2n) is 2.66. The Morgan fingerprint density at radius 3 is 3.00 bits per heavy atom. The number of sulfonamides is 1. The highest BCUT2D eigenvalue weighted by Gasteiger charge is 2.19. The molecule has 0 saturated carbocycles. The highest BCUT2D eigenvalue weighted by Crippen LogP contribution is 2.06. The molecule has 0 bridgehead atoms. The average Bonchev–Trinajstić information content (AvgIpc) is 2.34. The molecule has 0 amide bonds. The fraction of sp³-hybridized carbons (Fsp3) is 0.667. The van der Waals surface area contributed by atoms with E-state index in [4.69, 9.17) is 10.1 Å². The molecule has 0 aliphatic carbocycles. The third-order valence-corrected chi connectivity index (χ3v) is 2.35. The van der Waals surface area contributed by atoms with Crippen molar-refractivity contribution in [3.05, 3.63) is 0 Å². The van der Waals surface area contributed by atoms with Gasteiger partial charge in [-0.1, -0.05) is 0 Å². The van der Waals surface area contributed by atoms with Gasteiger partial charge in [0.1, 0.15) is 5.84 Å². The number of amidine groups is 1. The lowest BCUT2D eigenvalue weighted by molar-refractivity contribution is 0.0575. The maximum Gasteiger partial charge on any atom is 0.268 e. The molecule has 0 aromatic carbocycles. The third-order valence-electron chi connectivity index (χ3n) is 1.35. The van der Waals surface area contributed by atoms with Crippen molar-refractivity contribution in [2.45, 2.75) is 19.4 Å². The van der Waals surface area contributed by atoms with E-state index in [0.29, 0.717) is 6.42 Å². The summed E-state index contributed by atoms with van der Waals surface area (Å²) in [4.78, 5) is 4.86. The summed E-state index contributed by atoms with van der Waals surface area (Å²) in [5, 5.41) is 8.18. The van der Waals surface area contributed by atoms with Crippen LogP contribution < -0.4 is 5.48 Å². The first kappa shape index (κ1) is 9.95. The molecular formula is C6H9N3O3S. The van der Waals surface area contributed by atoms with Gasteiger partial charge in [0.2, 0.25) is 0 Å². The van der Waals surface area contributed by atoms with Crippen LogP contribution in [0.25, 0.3) is 0 Å². The van der Waals surface area contributed by atoms with Gasteiger partial charge in [-0.3, -0.25) is 10.3 Å². The summed E-state index contributed by atoms with van der Waals surface area (Å²) in [6, 6.07) is 1.53. The van der Waals surface area contributed by atoms with Crippen LogP contribution in [-0.2, 0) is 14.9 Å². The minimum Gasteiger partial charge on any atom is -0.271 e. The number of hydrogen-bond donors (Lipinski definition) is 1. The fourth-order valence-corrected chi connectivity index (χ4v) is 1.54. The van der Waals surface area contributed by atoms with Gasteiger partial charge in [0.25, 0.3) is 10.0 Å². The van der Waals surface area contributed by atoms with Crippen molar-refractivity contribution in [3.8, 4) is 6.07 Å². The molecule has 1 saturated heterocycles. The lowest BCUT2D eigenvalue weighted by atomic mass is 10.3. The average molecular weight is 203 g/mol. The Morgan fingerprint density at radius 2 is 2.54 bits per heavy atom. The molecule has 1 rings (SSSR count). The molecule has 7 heteroatoms. The smallest absolute Gasteiger partial charge is 0.268 e. The minimum absolute atomic E-state index is 0.0870. The van der Waals surface area contributed by atoms with E-state index in [-0.39, 0.29) is 11.9 Å². The van der Waals surface area contributed by atoms with Gasteiger partial charge in [-0.25, -0.2) is 8.42 Å². The van der Waals surface area contributed by atoms with Crippen LogP contribution in [0.2, 0.25) is 0 Å². The first-order chi connectivity index (χ1) is 6.03. The number of hydrogen-bond acceptors (Lipinski definition) is 4. The van der Waals surface area contributed by atoms with E-state index < -0.39 is 15.8 Å².